The zero-order chi connectivity index (χ0) is 11.1. The van der Waals surface area contributed by atoms with Gasteiger partial charge in [0.1, 0.15) is 5.82 Å². The summed E-state index contributed by atoms with van der Waals surface area (Å²) >= 11 is 0. The second kappa shape index (κ2) is 3.81. The summed E-state index contributed by atoms with van der Waals surface area (Å²) in [6.45, 7) is 6.49. The predicted molar refractivity (Wildman–Crippen MR) is 63.4 cm³/mol. The van der Waals surface area contributed by atoms with Gasteiger partial charge >= 0.3 is 0 Å². The molecule has 2 heterocycles. The molecule has 0 radical (unpaired) electrons. The van der Waals surface area contributed by atoms with Crippen LogP contribution in [0.4, 0.5) is 0 Å². The van der Waals surface area contributed by atoms with Gasteiger partial charge in [0, 0.05) is 11.4 Å². The van der Waals surface area contributed by atoms with Crippen LogP contribution in [0.3, 0.4) is 0 Å². The first kappa shape index (κ1) is 10.2. The SMILES string of the molecule is Cc1nc(C)c2c(n1)CC1CNCCC1C2. The molecule has 1 aliphatic heterocycles. The number of fused-ring (bicyclic) bond motifs is 2. The molecule has 16 heavy (non-hydrogen) atoms. The molecule has 0 saturated carbocycles. The average Bonchev–Trinajstić information content (AvgIpc) is 2.27. The molecular weight excluding hydrogens is 198 g/mol. The van der Waals surface area contributed by atoms with Gasteiger partial charge < -0.3 is 5.32 Å². The molecule has 1 aromatic rings. The lowest BCUT2D eigenvalue weighted by atomic mass is 9.74. The third-order valence-corrected chi connectivity index (χ3v) is 4.10. The van der Waals surface area contributed by atoms with Gasteiger partial charge in [-0.15, -0.1) is 0 Å². The van der Waals surface area contributed by atoms with Crippen LogP contribution in [0.1, 0.15) is 29.2 Å². The Morgan fingerprint density at radius 2 is 2.00 bits per heavy atom. The quantitative estimate of drug-likeness (QED) is 0.714. The van der Waals surface area contributed by atoms with Crippen molar-refractivity contribution in [3.05, 3.63) is 22.8 Å². The van der Waals surface area contributed by atoms with Gasteiger partial charge in [-0.05, 0) is 63.6 Å². The number of hydrogen-bond acceptors (Lipinski definition) is 3. The highest BCUT2D eigenvalue weighted by atomic mass is 14.9. The van der Waals surface area contributed by atoms with Gasteiger partial charge in [-0.2, -0.15) is 0 Å². The number of nitrogens with zero attached hydrogens (tertiary/aromatic N) is 2. The number of aromatic nitrogens is 2. The van der Waals surface area contributed by atoms with Crippen LogP contribution in [0.2, 0.25) is 0 Å². The Balaban J connectivity index is 1.98. The fourth-order valence-corrected chi connectivity index (χ4v) is 3.24. The highest BCUT2D eigenvalue weighted by Gasteiger charge is 2.32. The zero-order valence-corrected chi connectivity index (χ0v) is 10.1. The topological polar surface area (TPSA) is 37.8 Å². The Labute approximate surface area is 96.7 Å². The van der Waals surface area contributed by atoms with Crippen LogP contribution in [0, 0.1) is 25.7 Å². The van der Waals surface area contributed by atoms with Crippen molar-refractivity contribution in [2.75, 3.05) is 13.1 Å². The molecule has 0 amide bonds. The van der Waals surface area contributed by atoms with E-state index in [9.17, 15) is 0 Å². The highest BCUT2D eigenvalue weighted by molar-refractivity contribution is 5.29. The molecule has 2 aliphatic rings. The number of aryl methyl sites for hydroxylation is 2. The van der Waals surface area contributed by atoms with Gasteiger partial charge in [0.2, 0.25) is 0 Å². The van der Waals surface area contributed by atoms with Gasteiger partial charge in [-0.3, -0.25) is 0 Å². The van der Waals surface area contributed by atoms with Crippen LogP contribution in [-0.2, 0) is 12.8 Å². The van der Waals surface area contributed by atoms with Crippen LogP contribution in [0.5, 0.6) is 0 Å². The van der Waals surface area contributed by atoms with Crippen LogP contribution in [0.15, 0.2) is 0 Å². The summed E-state index contributed by atoms with van der Waals surface area (Å²) in [6, 6.07) is 0. The molecular formula is C13H19N3. The Morgan fingerprint density at radius 3 is 2.88 bits per heavy atom. The Kier molecular flexibility index (Phi) is 2.43. The molecule has 1 aromatic heterocycles. The molecule has 3 heteroatoms. The minimum absolute atomic E-state index is 0.801. The van der Waals surface area contributed by atoms with E-state index in [0.29, 0.717) is 0 Å². The summed E-state index contributed by atoms with van der Waals surface area (Å²) in [5.41, 5.74) is 3.96. The van der Waals surface area contributed by atoms with Crippen molar-refractivity contribution in [2.24, 2.45) is 11.8 Å². The molecule has 1 N–H and O–H groups in total. The summed E-state index contributed by atoms with van der Waals surface area (Å²) < 4.78 is 0. The van der Waals surface area contributed by atoms with E-state index in [1.54, 1.807) is 0 Å². The standard InChI is InChI=1S/C13H19N3/c1-8-12-5-10-3-4-14-7-11(10)6-13(12)16-9(2)15-8/h10-11,14H,3-7H2,1-2H3. The minimum atomic E-state index is 0.801. The molecule has 2 atom stereocenters. The zero-order valence-electron chi connectivity index (χ0n) is 10.1. The first-order chi connectivity index (χ1) is 7.74. The van der Waals surface area contributed by atoms with Crippen molar-refractivity contribution in [2.45, 2.75) is 33.1 Å². The summed E-state index contributed by atoms with van der Waals surface area (Å²) in [5.74, 6) is 2.59. The lowest BCUT2D eigenvalue weighted by molar-refractivity contribution is 0.234. The van der Waals surface area contributed by atoms with Crippen molar-refractivity contribution in [3.63, 3.8) is 0 Å². The van der Waals surface area contributed by atoms with E-state index in [1.807, 2.05) is 6.92 Å². The van der Waals surface area contributed by atoms with Crippen LogP contribution in [-0.4, -0.2) is 23.1 Å². The van der Waals surface area contributed by atoms with E-state index >= 15 is 0 Å². The fourth-order valence-electron chi connectivity index (χ4n) is 3.24. The fraction of sp³-hybridized carbons (Fsp3) is 0.692. The van der Waals surface area contributed by atoms with Gasteiger partial charge in [-0.25, -0.2) is 9.97 Å². The Bertz CT molecular complexity index is 414. The maximum atomic E-state index is 4.63. The Hall–Kier alpha value is -0.960. The van der Waals surface area contributed by atoms with E-state index in [0.717, 1.165) is 24.1 Å². The molecule has 2 unspecified atom stereocenters. The second-order valence-electron chi connectivity index (χ2n) is 5.20. The first-order valence-corrected chi connectivity index (χ1v) is 6.27. The number of hydrogen-bond donors (Lipinski definition) is 1. The summed E-state index contributed by atoms with van der Waals surface area (Å²) in [6.07, 6.45) is 3.67. The lowest BCUT2D eigenvalue weighted by Crippen LogP contribution is -2.41. The molecule has 1 fully saturated rings. The van der Waals surface area contributed by atoms with Crippen molar-refractivity contribution in [1.29, 1.82) is 0 Å². The maximum absolute atomic E-state index is 4.63. The number of rotatable bonds is 0. The molecule has 1 aliphatic carbocycles. The molecule has 1 saturated heterocycles. The smallest absolute Gasteiger partial charge is 0.125 e. The first-order valence-electron chi connectivity index (χ1n) is 6.27. The average molecular weight is 217 g/mol. The van der Waals surface area contributed by atoms with E-state index in [1.165, 1.54) is 42.9 Å². The lowest BCUT2D eigenvalue weighted by Gasteiger charge is -2.36. The van der Waals surface area contributed by atoms with Crippen LogP contribution < -0.4 is 5.32 Å². The van der Waals surface area contributed by atoms with Gasteiger partial charge in [0.25, 0.3) is 0 Å². The van der Waals surface area contributed by atoms with E-state index in [4.69, 9.17) is 0 Å². The monoisotopic (exact) mass is 217 g/mol. The van der Waals surface area contributed by atoms with Gasteiger partial charge in [0.15, 0.2) is 0 Å². The molecule has 0 bridgehead atoms. The Morgan fingerprint density at radius 1 is 1.12 bits per heavy atom. The summed E-state index contributed by atoms with van der Waals surface area (Å²) in [4.78, 5) is 9.12. The minimum Gasteiger partial charge on any atom is -0.316 e. The summed E-state index contributed by atoms with van der Waals surface area (Å²) in [7, 11) is 0. The maximum Gasteiger partial charge on any atom is 0.125 e. The third kappa shape index (κ3) is 1.63. The molecule has 3 nitrogen and oxygen atoms in total. The molecule has 0 spiro atoms. The van der Waals surface area contributed by atoms with Crippen molar-refractivity contribution in [3.8, 4) is 0 Å². The van der Waals surface area contributed by atoms with Crippen LogP contribution in [0.25, 0.3) is 0 Å². The molecule has 86 valence electrons. The highest BCUT2D eigenvalue weighted by Crippen LogP contribution is 2.33. The van der Waals surface area contributed by atoms with Crippen molar-refractivity contribution >= 4 is 0 Å². The van der Waals surface area contributed by atoms with Crippen molar-refractivity contribution < 1.29 is 0 Å². The second-order valence-corrected chi connectivity index (χ2v) is 5.20. The number of nitrogens with one attached hydrogen (secondary N) is 1. The largest absolute Gasteiger partial charge is 0.316 e. The van der Waals surface area contributed by atoms with Gasteiger partial charge in [0.05, 0.1) is 0 Å². The summed E-state index contributed by atoms with van der Waals surface area (Å²) in [5, 5.41) is 3.50. The predicted octanol–water partition coefficient (Wildman–Crippen LogP) is 1.42. The normalized spacial score (nSPS) is 28.4. The number of piperidine rings is 1. The van der Waals surface area contributed by atoms with E-state index in [2.05, 4.69) is 22.2 Å². The van der Waals surface area contributed by atoms with E-state index in [-0.39, 0.29) is 0 Å². The molecule has 0 aromatic carbocycles. The van der Waals surface area contributed by atoms with Crippen LogP contribution >= 0.6 is 0 Å². The van der Waals surface area contributed by atoms with Crippen molar-refractivity contribution in [1.82, 2.24) is 15.3 Å². The van der Waals surface area contributed by atoms with E-state index < -0.39 is 0 Å². The third-order valence-electron chi connectivity index (χ3n) is 4.10. The molecule has 3 rings (SSSR count). The van der Waals surface area contributed by atoms with Gasteiger partial charge in [-0.1, -0.05) is 0 Å².